The van der Waals surface area contributed by atoms with E-state index < -0.39 is 0 Å². The van der Waals surface area contributed by atoms with Gasteiger partial charge in [0.1, 0.15) is 5.75 Å². The molecular weight excluding hydrogens is 362 g/mol. The summed E-state index contributed by atoms with van der Waals surface area (Å²) in [5.74, 6) is 2.54. The maximum atomic E-state index is 9.06. The van der Waals surface area contributed by atoms with E-state index in [1.54, 1.807) is 7.11 Å². The van der Waals surface area contributed by atoms with Gasteiger partial charge in [-0.05, 0) is 66.7 Å². The molecule has 2 aliphatic carbocycles. The Kier molecular flexibility index (Phi) is 7.20. The van der Waals surface area contributed by atoms with E-state index in [2.05, 4.69) is 29.7 Å². The Hall–Kier alpha value is -1.52. The van der Waals surface area contributed by atoms with Gasteiger partial charge in [-0.25, -0.2) is 4.89 Å². The highest BCUT2D eigenvalue weighted by Gasteiger charge is 2.42. The maximum absolute atomic E-state index is 9.06. The zero-order valence-corrected chi connectivity index (χ0v) is 16.8. The van der Waals surface area contributed by atoms with Crippen LogP contribution in [0.5, 0.6) is 5.75 Å². The predicted octanol–water partition coefficient (Wildman–Crippen LogP) is 5.31. The second kappa shape index (κ2) is 9.61. The fourth-order valence-electron chi connectivity index (χ4n) is 4.87. The Balaban J connectivity index is 1.88. The smallest absolute Gasteiger partial charge is 0.258 e. The van der Waals surface area contributed by atoms with Crippen molar-refractivity contribution in [2.45, 2.75) is 43.9 Å². The maximum Gasteiger partial charge on any atom is 0.258 e. The van der Waals surface area contributed by atoms with Crippen LogP contribution in [0.25, 0.3) is 0 Å². The third kappa shape index (κ3) is 4.49. The van der Waals surface area contributed by atoms with Gasteiger partial charge in [0.2, 0.25) is 0 Å². The zero-order valence-electron chi connectivity index (χ0n) is 16.0. The van der Waals surface area contributed by atoms with E-state index in [1.807, 2.05) is 6.07 Å². The lowest BCUT2D eigenvalue weighted by atomic mass is 9.59. The molecule has 0 bridgehead atoms. The molecule has 3 rings (SSSR count). The van der Waals surface area contributed by atoms with E-state index >= 15 is 0 Å². The Morgan fingerprint density at radius 3 is 2.89 bits per heavy atom. The number of nitriles is 1. The highest BCUT2D eigenvalue weighted by atomic mass is 32.2. The van der Waals surface area contributed by atoms with Crippen molar-refractivity contribution in [3.63, 3.8) is 0 Å². The molecule has 1 saturated carbocycles. The molecule has 0 spiro atoms. The van der Waals surface area contributed by atoms with E-state index in [9.17, 15) is 0 Å². The van der Waals surface area contributed by atoms with Crippen molar-refractivity contribution in [1.82, 2.24) is 0 Å². The van der Waals surface area contributed by atoms with Crippen molar-refractivity contribution < 1.29 is 18.1 Å². The number of hydrogen-bond acceptors (Lipinski definition) is 6. The molecule has 5 nitrogen and oxygen atoms in total. The Labute approximate surface area is 166 Å². The van der Waals surface area contributed by atoms with E-state index in [0.717, 1.165) is 43.8 Å². The number of methoxy groups -OCH3 is 1. The van der Waals surface area contributed by atoms with Crippen molar-refractivity contribution in [3.05, 3.63) is 41.5 Å². The van der Waals surface area contributed by atoms with E-state index in [-0.39, 0.29) is 0 Å². The zero-order chi connectivity index (χ0) is 19.2. The standard InChI is InChI=1S/C21H27NO4S/c1-14-6-8-19-18-9-7-16(25-27-26-24-3)12-20(18)15(13-23-2)11-21(19)17(14)5-4-10-22/h7,9,12,15,17,19,21H,1,4-6,8,11,13H2,2-3H3. The number of allylic oxidation sites excluding steroid dienone is 1. The van der Waals surface area contributed by atoms with Gasteiger partial charge in [0.15, 0.2) is 0 Å². The summed E-state index contributed by atoms with van der Waals surface area (Å²) in [6, 6.07) is 8.60. The SMILES string of the molecule is C=C1CCC2c3ccc(OSOOC)cc3C(COC)CC2C1CCC#N. The molecule has 27 heavy (non-hydrogen) atoms. The molecule has 4 unspecified atom stereocenters. The molecule has 0 aliphatic heterocycles. The quantitative estimate of drug-likeness (QED) is 0.197. The van der Waals surface area contributed by atoms with Crippen molar-refractivity contribution in [3.8, 4) is 11.8 Å². The van der Waals surface area contributed by atoms with Crippen LogP contribution in [0.3, 0.4) is 0 Å². The highest BCUT2D eigenvalue weighted by Crippen LogP contribution is 2.54. The van der Waals surface area contributed by atoms with Gasteiger partial charge in [0.25, 0.3) is 12.3 Å². The Morgan fingerprint density at radius 1 is 1.30 bits per heavy atom. The summed E-state index contributed by atoms with van der Waals surface area (Å²) >= 11 is 0.808. The molecule has 0 amide bonds. The van der Waals surface area contributed by atoms with Crippen molar-refractivity contribution in [1.29, 1.82) is 5.26 Å². The van der Waals surface area contributed by atoms with Crippen LogP contribution in [0.15, 0.2) is 30.4 Å². The molecule has 0 aromatic heterocycles. The third-order valence-electron chi connectivity index (χ3n) is 5.95. The molecular formula is C21H27NO4S. The van der Waals surface area contributed by atoms with Gasteiger partial charge in [-0.15, -0.1) is 4.33 Å². The fourth-order valence-corrected chi connectivity index (χ4v) is 5.13. The van der Waals surface area contributed by atoms with Crippen LogP contribution in [0, 0.1) is 23.2 Å². The van der Waals surface area contributed by atoms with Crippen LogP contribution in [0.2, 0.25) is 0 Å². The molecule has 1 aromatic rings. The number of rotatable bonds is 8. The number of fused-ring (bicyclic) bond motifs is 3. The van der Waals surface area contributed by atoms with Crippen LogP contribution < -0.4 is 4.18 Å². The second-order valence-electron chi connectivity index (χ2n) is 7.34. The van der Waals surface area contributed by atoms with Gasteiger partial charge in [-0.2, -0.15) is 5.26 Å². The third-order valence-corrected chi connectivity index (χ3v) is 6.40. The predicted molar refractivity (Wildman–Crippen MR) is 105 cm³/mol. The summed E-state index contributed by atoms with van der Waals surface area (Å²) in [7, 11) is 3.19. The number of hydrogen-bond donors (Lipinski definition) is 0. The minimum absolute atomic E-state index is 0.318. The number of benzene rings is 1. The summed E-state index contributed by atoms with van der Waals surface area (Å²) in [5, 5.41) is 9.06. The van der Waals surface area contributed by atoms with Crippen molar-refractivity contribution >= 4 is 12.3 Å². The van der Waals surface area contributed by atoms with E-state index in [4.69, 9.17) is 18.5 Å². The Morgan fingerprint density at radius 2 is 2.15 bits per heavy atom. The van der Waals surface area contributed by atoms with E-state index in [0.29, 0.717) is 36.7 Å². The molecule has 0 heterocycles. The summed E-state index contributed by atoms with van der Waals surface area (Å²) in [4.78, 5) is 4.55. The lowest BCUT2D eigenvalue weighted by Gasteiger charge is -2.46. The number of ether oxygens (including phenoxy) is 1. The van der Waals surface area contributed by atoms with Gasteiger partial charge in [0, 0.05) is 19.4 Å². The molecule has 1 fully saturated rings. The average molecular weight is 390 g/mol. The van der Waals surface area contributed by atoms with Crippen molar-refractivity contribution in [2.24, 2.45) is 11.8 Å². The summed E-state index contributed by atoms with van der Waals surface area (Å²) in [6.45, 7) is 5.01. The molecule has 146 valence electrons. The largest absolute Gasteiger partial charge is 0.399 e. The van der Waals surface area contributed by atoms with Crippen LogP contribution >= 0.6 is 12.3 Å². The number of nitrogens with zero attached hydrogens (tertiary/aromatic N) is 1. The lowest BCUT2D eigenvalue weighted by molar-refractivity contribution is -0.164. The molecule has 0 radical (unpaired) electrons. The first-order valence-corrected chi connectivity index (χ1v) is 10.1. The summed E-state index contributed by atoms with van der Waals surface area (Å²) in [6.07, 6.45) is 4.74. The summed E-state index contributed by atoms with van der Waals surface area (Å²) < 4.78 is 15.8. The molecule has 1 aromatic carbocycles. The topological polar surface area (TPSA) is 60.7 Å². The van der Waals surface area contributed by atoms with Crippen molar-refractivity contribution in [2.75, 3.05) is 20.8 Å². The summed E-state index contributed by atoms with van der Waals surface area (Å²) in [5.41, 5.74) is 4.02. The first-order valence-electron chi connectivity index (χ1n) is 9.41. The van der Waals surface area contributed by atoms with Crippen LogP contribution in [0.1, 0.15) is 55.1 Å². The first-order chi connectivity index (χ1) is 13.2. The second-order valence-corrected chi connectivity index (χ2v) is 7.77. The molecule has 6 heteroatoms. The highest BCUT2D eigenvalue weighted by molar-refractivity contribution is 7.90. The molecule has 4 atom stereocenters. The van der Waals surface area contributed by atoms with Crippen LogP contribution in [0.4, 0.5) is 0 Å². The van der Waals surface area contributed by atoms with Gasteiger partial charge >= 0.3 is 0 Å². The van der Waals surface area contributed by atoms with Gasteiger partial charge in [-0.3, -0.25) is 0 Å². The monoisotopic (exact) mass is 389 g/mol. The molecule has 0 N–H and O–H groups in total. The van der Waals surface area contributed by atoms with Gasteiger partial charge in [-0.1, -0.05) is 18.2 Å². The lowest BCUT2D eigenvalue weighted by Crippen LogP contribution is -2.35. The average Bonchev–Trinajstić information content (AvgIpc) is 2.68. The van der Waals surface area contributed by atoms with Crippen LogP contribution in [-0.2, 0) is 14.0 Å². The minimum atomic E-state index is 0.318. The fraction of sp³-hybridized carbons (Fsp3) is 0.571. The first kappa shape index (κ1) is 20.2. The Bertz CT molecular complexity index is 702. The van der Waals surface area contributed by atoms with Gasteiger partial charge < -0.3 is 8.92 Å². The van der Waals surface area contributed by atoms with Crippen LogP contribution in [-0.4, -0.2) is 20.8 Å². The normalized spacial score (nSPS) is 26.8. The van der Waals surface area contributed by atoms with E-state index in [1.165, 1.54) is 23.8 Å². The molecule has 2 aliphatic rings. The minimum Gasteiger partial charge on any atom is -0.399 e. The van der Waals surface area contributed by atoms with Gasteiger partial charge in [0.05, 0.1) is 19.8 Å². The molecule has 0 saturated heterocycles.